The van der Waals surface area contributed by atoms with E-state index in [0.29, 0.717) is 24.5 Å². The van der Waals surface area contributed by atoms with Crippen molar-refractivity contribution in [2.45, 2.75) is 38.6 Å². The number of nitrogens with one attached hydrogen (secondary N) is 2. The second-order valence-electron chi connectivity index (χ2n) is 8.94. The predicted molar refractivity (Wildman–Crippen MR) is 140 cm³/mol. The summed E-state index contributed by atoms with van der Waals surface area (Å²) in [4.78, 5) is 14.5. The molecular formula is C24H31Cl2N3O5S. The van der Waals surface area contributed by atoms with Crippen molar-refractivity contribution in [3.63, 3.8) is 0 Å². The van der Waals surface area contributed by atoms with E-state index < -0.39 is 10.0 Å². The van der Waals surface area contributed by atoms with Gasteiger partial charge in [-0.2, -0.15) is 0 Å². The highest BCUT2D eigenvalue weighted by Crippen LogP contribution is 2.40. The van der Waals surface area contributed by atoms with Gasteiger partial charge in [-0.3, -0.25) is 9.69 Å². The Hall–Kier alpha value is -2.04. The smallest absolute Gasteiger partial charge is 0.238 e. The molecule has 11 heteroatoms. The Morgan fingerprint density at radius 2 is 1.89 bits per heavy atom. The Labute approximate surface area is 216 Å². The van der Waals surface area contributed by atoms with Crippen LogP contribution in [0.1, 0.15) is 38.2 Å². The van der Waals surface area contributed by atoms with Crippen LogP contribution in [0.25, 0.3) is 0 Å². The second-order valence-corrected chi connectivity index (χ2v) is 11.5. The number of hydrogen-bond acceptors (Lipinski definition) is 6. The summed E-state index contributed by atoms with van der Waals surface area (Å²) in [5.41, 5.74) is 1.44. The van der Waals surface area contributed by atoms with Gasteiger partial charge >= 0.3 is 0 Å². The maximum atomic E-state index is 12.6. The molecule has 0 bridgehead atoms. The van der Waals surface area contributed by atoms with Crippen molar-refractivity contribution in [3.8, 4) is 17.2 Å². The number of amides is 1. The summed E-state index contributed by atoms with van der Waals surface area (Å²) in [6.45, 7) is 5.43. The molecule has 0 saturated carbocycles. The third kappa shape index (κ3) is 7.98. The maximum Gasteiger partial charge on any atom is 0.238 e. The van der Waals surface area contributed by atoms with Gasteiger partial charge in [0.1, 0.15) is 11.5 Å². The monoisotopic (exact) mass is 543 g/mol. The molecule has 0 aliphatic carbocycles. The molecule has 2 aromatic carbocycles. The van der Waals surface area contributed by atoms with Crippen molar-refractivity contribution in [2.75, 3.05) is 38.3 Å². The first-order valence-electron chi connectivity index (χ1n) is 11.3. The minimum atomic E-state index is -3.30. The number of methoxy groups -OCH3 is 1. The molecule has 0 radical (unpaired) electrons. The molecule has 1 heterocycles. The predicted octanol–water partition coefficient (Wildman–Crippen LogP) is 4.87. The molecule has 192 valence electrons. The van der Waals surface area contributed by atoms with Gasteiger partial charge in [-0.15, -0.1) is 0 Å². The van der Waals surface area contributed by atoms with Crippen LogP contribution in [-0.4, -0.2) is 58.3 Å². The lowest BCUT2D eigenvalue weighted by molar-refractivity contribution is -0.117. The minimum Gasteiger partial charge on any atom is -0.496 e. The van der Waals surface area contributed by atoms with Crippen molar-refractivity contribution in [1.82, 2.24) is 9.62 Å². The number of likely N-dealkylation sites (tertiary alicyclic amines) is 1. The van der Waals surface area contributed by atoms with Gasteiger partial charge in [0.2, 0.25) is 15.9 Å². The summed E-state index contributed by atoms with van der Waals surface area (Å²) >= 11 is 12.9. The van der Waals surface area contributed by atoms with Gasteiger partial charge in [-0.05, 0) is 55.6 Å². The molecule has 35 heavy (non-hydrogen) atoms. The number of hydrogen-bond donors (Lipinski definition) is 2. The van der Waals surface area contributed by atoms with E-state index >= 15 is 0 Å². The van der Waals surface area contributed by atoms with Crippen LogP contribution < -0.4 is 19.5 Å². The van der Waals surface area contributed by atoms with E-state index in [-0.39, 0.29) is 40.2 Å². The zero-order valence-electron chi connectivity index (χ0n) is 20.2. The largest absolute Gasteiger partial charge is 0.496 e. The Bertz CT molecular complexity index is 1150. The lowest BCUT2D eigenvalue weighted by atomic mass is 10.0. The number of benzene rings is 2. The van der Waals surface area contributed by atoms with Crippen LogP contribution in [0.2, 0.25) is 10.0 Å². The Balaban J connectivity index is 1.65. The van der Waals surface area contributed by atoms with Crippen molar-refractivity contribution in [2.24, 2.45) is 0 Å². The van der Waals surface area contributed by atoms with Gasteiger partial charge in [0.25, 0.3) is 0 Å². The molecule has 8 nitrogen and oxygen atoms in total. The molecule has 1 atom stereocenters. The Morgan fingerprint density at radius 3 is 2.49 bits per heavy atom. The Morgan fingerprint density at radius 1 is 1.20 bits per heavy atom. The molecule has 0 spiro atoms. The summed E-state index contributed by atoms with van der Waals surface area (Å²) in [5.74, 6) is 1.61. The first-order valence-corrected chi connectivity index (χ1v) is 13.9. The van der Waals surface area contributed by atoms with E-state index in [0.717, 1.165) is 30.4 Å². The standard InChI is InChI=1S/C24H31Cl2N3O5S/c1-15(2)19-12-18(7-8-22(19)33-3)34-24-20(25)10-17(11-21(24)26)27-23(30)14-29-9-5-6-16(13-29)28-35(4,31)32/h7-8,10-12,15-16,28H,5-6,9,13-14H2,1-4H3,(H,27,30)/t16-/m1/s1. The summed E-state index contributed by atoms with van der Waals surface area (Å²) < 4.78 is 37.0. The highest BCUT2D eigenvalue weighted by atomic mass is 35.5. The summed E-state index contributed by atoms with van der Waals surface area (Å²) in [7, 11) is -1.67. The summed E-state index contributed by atoms with van der Waals surface area (Å²) in [5, 5.41) is 3.31. The molecule has 1 fully saturated rings. The molecule has 1 amide bonds. The Kier molecular flexibility index (Phi) is 9.28. The molecule has 0 unspecified atom stereocenters. The van der Waals surface area contributed by atoms with Crippen LogP contribution in [0, 0.1) is 0 Å². The topological polar surface area (TPSA) is 97.0 Å². The third-order valence-electron chi connectivity index (χ3n) is 5.58. The average Bonchev–Trinajstić information content (AvgIpc) is 2.75. The van der Waals surface area contributed by atoms with E-state index in [1.54, 1.807) is 25.3 Å². The van der Waals surface area contributed by atoms with E-state index in [1.165, 1.54) is 0 Å². The number of rotatable bonds is 9. The van der Waals surface area contributed by atoms with Crippen LogP contribution in [0.3, 0.4) is 0 Å². The number of nitrogens with zero attached hydrogens (tertiary/aromatic N) is 1. The fourth-order valence-electron chi connectivity index (χ4n) is 4.08. The van der Waals surface area contributed by atoms with Crippen molar-refractivity contribution in [3.05, 3.63) is 45.9 Å². The van der Waals surface area contributed by atoms with Crippen LogP contribution in [-0.2, 0) is 14.8 Å². The molecule has 1 saturated heterocycles. The van der Waals surface area contributed by atoms with Gasteiger partial charge in [0, 0.05) is 23.8 Å². The number of halogens is 2. The normalized spacial score (nSPS) is 16.8. The zero-order chi connectivity index (χ0) is 25.8. The molecule has 1 aliphatic rings. The quantitative estimate of drug-likeness (QED) is 0.468. The fourth-order valence-corrected chi connectivity index (χ4v) is 5.44. The van der Waals surface area contributed by atoms with Crippen LogP contribution >= 0.6 is 23.2 Å². The van der Waals surface area contributed by atoms with Gasteiger partial charge in [0.05, 0.1) is 30.0 Å². The number of carbonyl (C=O) groups is 1. The molecule has 3 rings (SSSR count). The van der Waals surface area contributed by atoms with Crippen molar-refractivity contribution >= 4 is 44.8 Å². The first kappa shape index (κ1) is 27.5. The number of piperidine rings is 1. The highest BCUT2D eigenvalue weighted by molar-refractivity contribution is 7.88. The average molecular weight is 545 g/mol. The zero-order valence-corrected chi connectivity index (χ0v) is 22.6. The van der Waals surface area contributed by atoms with Crippen molar-refractivity contribution < 1.29 is 22.7 Å². The number of carbonyl (C=O) groups excluding carboxylic acids is 1. The number of anilines is 1. The maximum absolute atomic E-state index is 12.6. The summed E-state index contributed by atoms with van der Waals surface area (Å²) in [6.07, 6.45) is 2.68. The molecular weight excluding hydrogens is 513 g/mol. The molecule has 0 aromatic heterocycles. The second kappa shape index (κ2) is 11.8. The van der Waals surface area contributed by atoms with Gasteiger partial charge < -0.3 is 14.8 Å². The van der Waals surface area contributed by atoms with Crippen molar-refractivity contribution in [1.29, 1.82) is 0 Å². The lowest BCUT2D eigenvalue weighted by Crippen LogP contribution is -2.49. The minimum absolute atomic E-state index is 0.124. The molecule has 2 aromatic rings. The van der Waals surface area contributed by atoms with Gasteiger partial charge in [-0.25, -0.2) is 13.1 Å². The van der Waals surface area contributed by atoms with Crippen LogP contribution in [0.4, 0.5) is 5.69 Å². The molecule has 2 N–H and O–H groups in total. The van der Waals surface area contributed by atoms with Gasteiger partial charge in [0.15, 0.2) is 5.75 Å². The number of sulfonamides is 1. The van der Waals surface area contributed by atoms with Crippen LogP contribution in [0.5, 0.6) is 17.2 Å². The SMILES string of the molecule is COc1ccc(Oc2c(Cl)cc(NC(=O)CN3CCC[C@@H](NS(C)(=O)=O)C3)cc2Cl)cc1C(C)C. The van der Waals surface area contributed by atoms with Crippen LogP contribution in [0.15, 0.2) is 30.3 Å². The third-order valence-corrected chi connectivity index (χ3v) is 6.90. The molecule has 1 aliphatic heterocycles. The van der Waals surface area contributed by atoms with E-state index in [1.807, 2.05) is 17.0 Å². The van der Waals surface area contributed by atoms with E-state index in [4.69, 9.17) is 32.7 Å². The van der Waals surface area contributed by atoms with Gasteiger partial charge in [-0.1, -0.05) is 37.0 Å². The highest BCUT2D eigenvalue weighted by Gasteiger charge is 2.24. The first-order chi connectivity index (χ1) is 16.4. The van der Waals surface area contributed by atoms with E-state index in [9.17, 15) is 13.2 Å². The lowest BCUT2D eigenvalue weighted by Gasteiger charge is -2.32. The van der Waals surface area contributed by atoms with E-state index in [2.05, 4.69) is 23.9 Å². The summed E-state index contributed by atoms with van der Waals surface area (Å²) in [6, 6.07) is 8.45. The fraction of sp³-hybridized carbons (Fsp3) is 0.458. The number of ether oxygens (including phenoxy) is 2.